The zero-order valence-electron chi connectivity index (χ0n) is 34.8. The van der Waals surface area contributed by atoms with Gasteiger partial charge in [-0.25, -0.2) is 9.97 Å². The average Bonchev–Trinajstić information content (AvgIpc) is 3.75. The molecule has 0 saturated carbocycles. The first-order chi connectivity index (χ1) is 32.1. The molecule has 0 N–H and O–H groups in total. The van der Waals surface area contributed by atoms with E-state index in [-0.39, 0.29) is 0 Å². The first-order valence-corrected chi connectivity index (χ1v) is 24.1. The van der Waals surface area contributed by atoms with Gasteiger partial charge < -0.3 is 9.46 Å². The average molecular weight is 870 g/mol. The van der Waals surface area contributed by atoms with E-state index < -0.39 is 12.6 Å². The van der Waals surface area contributed by atoms with Gasteiger partial charge in [0.05, 0.1) is 28.2 Å². The highest BCUT2D eigenvalue weighted by atomic mass is 32.1. The van der Waals surface area contributed by atoms with E-state index in [2.05, 4.69) is 142 Å². The minimum atomic E-state index is -3.45. The van der Waals surface area contributed by atoms with E-state index in [1.807, 2.05) is 66.7 Å². The molecule has 8 heteroatoms. The highest BCUT2D eigenvalue weighted by Crippen LogP contribution is 2.63. The van der Waals surface area contributed by atoms with E-state index in [1.165, 1.54) is 10.1 Å². The molecule has 1 spiro atoms. The number of para-hydroxylation sites is 2. The van der Waals surface area contributed by atoms with Gasteiger partial charge in [-0.1, -0.05) is 121 Å². The van der Waals surface area contributed by atoms with Crippen LogP contribution in [0.3, 0.4) is 0 Å². The number of hydrogen-bond acceptors (Lipinski definition) is 7. The lowest BCUT2D eigenvalue weighted by Gasteiger charge is -2.50. The number of rotatable bonds is 5. The molecule has 0 amide bonds. The van der Waals surface area contributed by atoms with Crippen LogP contribution in [0.25, 0.3) is 54.1 Å². The Morgan fingerprint density at radius 3 is 1.80 bits per heavy atom. The standard InChI is InChI=1S/C57H36N5OPS/c63-64(41-15-5-2-6-16-41)52-21-11-9-19-46(52)57(47-34-43-42-17-7-12-22-54(42)65-55(43)36-53(47)64)44-18-8-10-20-50(44)62(40-13-3-1-4-14-40)51-33-39(23-24-45(51)57)56-60-48(37-25-29-58-30-26-37)35-49(61-56)38-27-31-59-32-28-38/h1-36H. The van der Waals surface area contributed by atoms with Crippen LogP contribution < -0.4 is 20.8 Å². The Morgan fingerprint density at radius 2 is 1.06 bits per heavy atom. The van der Waals surface area contributed by atoms with Crippen molar-refractivity contribution in [1.29, 1.82) is 0 Å². The van der Waals surface area contributed by atoms with Crippen molar-refractivity contribution in [2.24, 2.45) is 0 Å². The predicted molar refractivity (Wildman–Crippen MR) is 266 cm³/mol. The molecule has 2 aliphatic rings. The number of nitrogens with zero attached hydrogens (tertiary/aromatic N) is 5. The largest absolute Gasteiger partial charge is 0.310 e. The van der Waals surface area contributed by atoms with Crippen molar-refractivity contribution in [3.8, 4) is 33.9 Å². The highest BCUT2D eigenvalue weighted by molar-refractivity contribution is 7.85. The van der Waals surface area contributed by atoms with Crippen molar-refractivity contribution in [2.75, 3.05) is 4.90 Å². The summed E-state index contributed by atoms with van der Waals surface area (Å²) < 4.78 is 19.1. The first-order valence-electron chi connectivity index (χ1n) is 21.6. The Morgan fingerprint density at radius 1 is 0.446 bits per heavy atom. The highest BCUT2D eigenvalue weighted by Gasteiger charge is 2.55. The Kier molecular flexibility index (Phi) is 8.47. The molecule has 306 valence electrons. The molecule has 6 heterocycles. The van der Waals surface area contributed by atoms with Crippen LogP contribution in [0.5, 0.6) is 0 Å². The fraction of sp³-hybridized carbons (Fsp3) is 0.0175. The number of hydrogen-bond donors (Lipinski definition) is 0. The van der Waals surface area contributed by atoms with Crippen molar-refractivity contribution in [3.63, 3.8) is 0 Å². The number of thiophene rings is 1. The molecule has 0 bridgehead atoms. The summed E-state index contributed by atoms with van der Waals surface area (Å²) in [6, 6.07) is 67.9. The van der Waals surface area contributed by atoms with Gasteiger partial charge in [-0.05, 0) is 95.1 Å². The Bertz CT molecular complexity index is 3660. The smallest absolute Gasteiger partial charge is 0.171 e. The van der Waals surface area contributed by atoms with Crippen LogP contribution >= 0.6 is 18.5 Å². The summed E-state index contributed by atoms with van der Waals surface area (Å²) in [6.07, 6.45) is 7.17. The Balaban J connectivity index is 1.16. The second-order valence-corrected chi connectivity index (χ2v) is 20.3. The molecule has 2 aliphatic heterocycles. The number of pyridine rings is 2. The second kappa shape index (κ2) is 14.6. The molecule has 0 radical (unpaired) electrons. The monoisotopic (exact) mass is 869 g/mol. The fourth-order valence-electron chi connectivity index (χ4n) is 10.4. The molecule has 0 aliphatic carbocycles. The van der Waals surface area contributed by atoms with Gasteiger partial charge in [0.2, 0.25) is 0 Å². The maximum atomic E-state index is 16.8. The van der Waals surface area contributed by atoms with E-state index in [0.717, 1.165) is 93.4 Å². The number of aromatic nitrogens is 4. The van der Waals surface area contributed by atoms with E-state index in [1.54, 1.807) is 36.1 Å². The summed E-state index contributed by atoms with van der Waals surface area (Å²) in [5, 5.41) is 4.91. The molecule has 4 aromatic heterocycles. The number of benzene rings is 7. The normalized spacial score (nSPS) is 17.1. The summed E-state index contributed by atoms with van der Waals surface area (Å²) in [4.78, 5) is 21.5. The molecule has 65 heavy (non-hydrogen) atoms. The predicted octanol–water partition coefficient (Wildman–Crippen LogP) is 12.8. The number of anilines is 3. The van der Waals surface area contributed by atoms with Crippen molar-refractivity contribution >= 4 is 71.6 Å². The van der Waals surface area contributed by atoms with Crippen molar-refractivity contribution < 1.29 is 4.57 Å². The quantitative estimate of drug-likeness (QED) is 0.160. The van der Waals surface area contributed by atoms with E-state index in [4.69, 9.17) is 9.97 Å². The molecule has 6 nitrogen and oxygen atoms in total. The molecule has 0 fully saturated rings. The molecule has 0 saturated heterocycles. The lowest BCUT2D eigenvalue weighted by atomic mass is 9.62. The van der Waals surface area contributed by atoms with Gasteiger partial charge in [0.15, 0.2) is 13.0 Å². The van der Waals surface area contributed by atoms with Crippen LogP contribution in [-0.4, -0.2) is 19.9 Å². The lowest BCUT2D eigenvalue weighted by molar-refractivity contribution is 0.590. The van der Waals surface area contributed by atoms with Gasteiger partial charge in [0.25, 0.3) is 0 Å². The molecular weight excluding hydrogens is 834 g/mol. The van der Waals surface area contributed by atoms with Crippen molar-refractivity contribution in [1.82, 2.24) is 19.9 Å². The van der Waals surface area contributed by atoms with Gasteiger partial charge in [-0.2, -0.15) is 0 Å². The third-order valence-corrected chi connectivity index (χ3v) is 17.4. The second-order valence-electron chi connectivity index (χ2n) is 16.5. The summed E-state index contributed by atoms with van der Waals surface area (Å²) in [5.74, 6) is 0.597. The summed E-state index contributed by atoms with van der Waals surface area (Å²) in [7, 11) is -3.45. The van der Waals surface area contributed by atoms with E-state index >= 15 is 4.57 Å². The van der Waals surface area contributed by atoms with Gasteiger partial charge in [-0.15, -0.1) is 11.3 Å². The van der Waals surface area contributed by atoms with Crippen LogP contribution in [0, 0.1) is 0 Å². The maximum Gasteiger partial charge on any atom is 0.171 e. The lowest BCUT2D eigenvalue weighted by Crippen LogP contribution is -2.49. The number of fused-ring (bicyclic) bond motifs is 11. The molecule has 11 aromatic rings. The van der Waals surface area contributed by atoms with Gasteiger partial charge in [-0.3, -0.25) is 9.97 Å². The Hall–Kier alpha value is -7.83. The topological polar surface area (TPSA) is 71.9 Å². The van der Waals surface area contributed by atoms with Crippen LogP contribution in [0.15, 0.2) is 219 Å². The summed E-state index contributed by atoms with van der Waals surface area (Å²) >= 11 is 1.76. The zero-order valence-corrected chi connectivity index (χ0v) is 36.5. The fourth-order valence-corrected chi connectivity index (χ4v) is 14.7. The molecule has 7 aromatic carbocycles. The van der Waals surface area contributed by atoms with Crippen LogP contribution in [0.1, 0.15) is 22.3 Å². The van der Waals surface area contributed by atoms with Crippen LogP contribution in [0.4, 0.5) is 17.1 Å². The first kappa shape index (κ1) is 37.7. The van der Waals surface area contributed by atoms with Gasteiger partial charge in [0.1, 0.15) is 0 Å². The van der Waals surface area contributed by atoms with Gasteiger partial charge >= 0.3 is 0 Å². The third-order valence-electron chi connectivity index (χ3n) is 13.1. The SMILES string of the molecule is O=P1(c2ccccc2)c2ccccc2C2(c3ccccc3N(c3ccccc3)c3cc(-c4nc(-c5ccncc5)cc(-c5ccncc5)n4)ccc32)c2cc3c(cc21)sc1ccccc13. The molecule has 13 rings (SSSR count). The molecular formula is C57H36N5OPS. The van der Waals surface area contributed by atoms with Crippen LogP contribution in [0.2, 0.25) is 0 Å². The summed E-state index contributed by atoms with van der Waals surface area (Å²) in [6.45, 7) is 0. The van der Waals surface area contributed by atoms with Crippen LogP contribution in [-0.2, 0) is 9.98 Å². The van der Waals surface area contributed by atoms with E-state index in [0.29, 0.717) is 5.82 Å². The minimum Gasteiger partial charge on any atom is -0.310 e. The van der Waals surface area contributed by atoms with Crippen molar-refractivity contribution in [2.45, 2.75) is 5.41 Å². The van der Waals surface area contributed by atoms with Gasteiger partial charge in [0, 0.05) is 83.3 Å². The minimum absolute atomic E-state index is 0.597. The summed E-state index contributed by atoms with van der Waals surface area (Å²) in [5.41, 5.74) is 10.8. The maximum absolute atomic E-state index is 16.8. The van der Waals surface area contributed by atoms with Crippen molar-refractivity contribution in [3.05, 3.63) is 241 Å². The Labute approximate surface area is 379 Å². The zero-order chi connectivity index (χ0) is 43.1. The molecule has 2 unspecified atom stereocenters. The third kappa shape index (κ3) is 5.56. The molecule has 2 atom stereocenters. The van der Waals surface area contributed by atoms with E-state index in [9.17, 15) is 0 Å².